The normalized spacial score (nSPS) is 10.6. The molecule has 8 heteroatoms. The second kappa shape index (κ2) is 10.3. The summed E-state index contributed by atoms with van der Waals surface area (Å²) < 4.78 is 5.08. The van der Waals surface area contributed by atoms with E-state index < -0.39 is 0 Å². The number of anilines is 1. The van der Waals surface area contributed by atoms with Crippen molar-refractivity contribution in [1.82, 2.24) is 9.80 Å². The van der Waals surface area contributed by atoms with Gasteiger partial charge < -0.3 is 15.0 Å². The van der Waals surface area contributed by atoms with Crippen LogP contribution < -0.4 is 10.1 Å². The Bertz CT molecular complexity index is 828. The molecular weight excluding hydrogens is 401 g/mol. The first-order chi connectivity index (χ1) is 13.3. The van der Waals surface area contributed by atoms with E-state index in [0.29, 0.717) is 28.0 Å². The molecule has 0 radical (unpaired) electrons. The summed E-state index contributed by atoms with van der Waals surface area (Å²) in [5.74, 6) is 0.407. The Morgan fingerprint density at radius 3 is 2.29 bits per heavy atom. The van der Waals surface area contributed by atoms with Crippen LogP contribution in [-0.2, 0) is 16.1 Å². The third kappa shape index (κ3) is 6.71. The van der Waals surface area contributed by atoms with E-state index in [9.17, 15) is 9.59 Å². The molecule has 0 aliphatic heterocycles. The topological polar surface area (TPSA) is 61.9 Å². The van der Waals surface area contributed by atoms with Gasteiger partial charge in [0.15, 0.2) is 0 Å². The minimum absolute atomic E-state index is 0.0956. The maximum absolute atomic E-state index is 12.4. The monoisotopic (exact) mass is 423 g/mol. The standard InChI is InChI=1S/C20H23Cl2N3O3/c1-24(12-19(26)23-15-5-7-16(28-3)8-6-15)13-20(27)25(2)11-14-4-9-17(21)18(22)10-14/h4-10H,11-13H2,1-3H3,(H,23,26). The highest BCUT2D eigenvalue weighted by atomic mass is 35.5. The molecule has 6 nitrogen and oxygen atoms in total. The zero-order valence-electron chi connectivity index (χ0n) is 16.0. The Morgan fingerprint density at radius 1 is 1.00 bits per heavy atom. The first-order valence-electron chi connectivity index (χ1n) is 8.59. The average molecular weight is 424 g/mol. The summed E-state index contributed by atoms with van der Waals surface area (Å²) in [4.78, 5) is 27.8. The highest BCUT2D eigenvalue weighted by Gasteiger charge is 2.15. The van der Waals surface area contributed by atoms with Crippen LogP contribution in [-0.4, -0.2) is 55.9 Å². The third-order valence-corrected chi connectivity index (χ3v) is 4.76. The molecule has 2 aromatic carbocycles. The van der Waals surface area contributed by atoms with Crippen LogP contribution in [0.4, 0.5) is 5.69 Å². The van der Waals surface area contributed by atoms with Gasteiger partial charge in [-0.1, -0.05) is 29.3 Å². The molecule has 0 heterocycles. The SMILES string of the molecule is COc1ccc(NC(=O)CN(C)CC(=O)N(C)Cc2ccc(Cl)c(Cl)c2)cc1. The number of nitrogens with one attached hydrogen (secondary N) is 1. The van der Waals surface area contributed by atoms with Crippen molar-refractivity contribution in [1.29, 1.82) is 0 Å². The molecule has 0 fully saturated rings. The Balaban J connectivity index is 1.81. The van der Waals surface area contributed by atoms with E-state index in [1.807, 2.05) is 6.07 Å². The number of nitrogens with zero attached hydrogens (tertiary/aromatic N) is 2. The molecule has 2 aromatic rings. The molecular formula is C20H23Cl2N3O3. The summed E-state index contributed by atoms with van der Waals surface area (Å²) in [6.45, 7) is 0.619. The fourth-order valence-electron chi connectivity index (χ4n) is 2.53. The molecule has 0 atom stereocenters. The van der Waals surface area contributed by atoms with Crippen LogP contribution in [0.15, 0.2) is 42.5 Å². The number of halogens is 2. The van der Waals surface area contributed by atoms with Gasteiger partial charge in [0, 0.05) is 19.3 Å². The predicted octanol–water partition coefficient (Wildman–Crippen LogP) is 3.53. The maximum Gasteiger partial charge on any atom is 0.238 e. The summed E-state index contributed by atoms with van der Waals surface area (Å²) in [5, 5.41) is 3.72. The third-order valence-electron chi connectivity index (χ3n) is 4.02. The first-order valence-corrected chi connectivity index (χ1v) is 9.34. The molecule has 0 aromatic heterocycles. The minimum Gasteiger partial charge on any atom is -0.497 e. The molecule has 0 aliphatic carbocycles. The fourth-order valence-corrected chi connectivity index (χ4v) is 2.85. The second-order valence-corrected chi connectivity index (χ2v) is 7.26. The first kappa shape index (κ1) is 22.0. The van der Waals surface area contributed by atoms with Gasteiger partial charge >= 0.3 is 0 Å². The molecule has 150 valence electrons. The molecule has 2 rings (SSSR count). The number of likely N-dealkylation sites (N-methyl/N-ethyl adjacent to an activating group) is 2. The van der Waals surface area contributed by atoms with Gasteiger partial charge in [0.05, 0.1) is 30.2 Å². The maximum atomic E-state index is 12.4. The molecule has 0 saturated carbocycles. The van der Waals surface area contributed by atoms with Gasteiger partial charge in [-0.05, 0) is 49.0 Å². The number of methoxy groups -OCH3 is 1. The lowest BCUT2D eigenvalue weighted by atomic mass is 10.2. The zero-order valence-corrected chi connectivity index (χ0v) is 17.5. The van der Waals surface area contributed by atoms with Crippen molar-refractivity contribution in [3.8, 4) is 5.75 Å². The molecule has 28 heavy (non-hydrogen) atoms. The Morgan fingerprint density at radius 2 is 1.68 bits per heavy atom. The van der Waals surface area contributed by atoms with Crippen LogP contribution in [0.5, 0.6) is 5.75 Å². The lowest BCUT2D eigenvalue weighted by Crippen LogP contribution is -2.39. The van der Waals surface area contributed by atoms with Gasteiger partial charge in [0.25, 0.3) is 0 Å². The number of carbonyl (C=O) groups excluding carboxylic acids is 2. The number of carbonyl (C=O) groups is 2. The van der Waals surface area contributed by atoms with E-state index >= 15 is 0 Å². The molecule has 0 bridgehead atoms. The number of benzene rings is 2. The summed E-state index contributed by atoms with van der Waals surface area (Å²) in [6.07, 6.45) is 0. The number of hydrogen-bond donors (Lipinski definition) is 1. The van der Waals surface area contributed by atoms with Crippen LogP contribution in [0.25, 0.3) is 0 Å². The van der Waals surface area contributed by atoms with Gasteiger partial charge in [-0.25, -0.2) is 0 Å². The lowest BCUT2D eigenvalue weighted by Gasteiger charge is -2.22. The van der Waals surface area contributed by atoms with Crippen molar-refractivity contribution in [3.63, 3.8) is 0 Å². The molecule has 0 spiro atoms. The van der Waals surface area contributed by atoms with Crippen LogP contribution in [0.2, 0.25) is 10.0 Å². The highest BCUT2D eigenvalue weighted by Crippen LogP contribution is 2.23. The van der Waals surface area contributed by atoms with Crippen molar-refractivity contribution in [2.45, 2.75) is 6.54 Å². The van der Waals surface area contributed by atoms with Crippen molar-refractivity contribution in [2.24, 2.45) is 0 Å². The number of rotatable bonds is 8. The number of ether oxygens (including phenoxy) is 1. The smallest absolute Gasteiger partial charge is 0.238 e. The largest absolute Gasteiger partial charge is 0.497 e. The Labute approximate surface area is 175 Å². The average Bonchev–Trinajstić information content (AvgIpc) is 2.65. The van der Waals surface area contributed by atoms with E-state index in [4.69, 9.17) is 27.9 Å². The van der Waals surface area contributed by atoms with Gasteiger partial charge in [-0.15, -0.1) is 0 Å². The molecule has 0 saturated heterocycles. The van der Waals surface area contributed by atoms with E-state index in [-0.39, 0.29) is 24.9 Å². The molecule has 1 N–H and O–H groups in total. The predicted molar refractivity (Wildman–Crippen MR) is 112 cm³/mol. The van der Waals surface area contributed by atoms with Gasteiger partial charge in [-0.3, -0.25) is 14.5 Å². The van der Waals surface area contributed by atoms with E-state index in [1.54, 1.807) is 67.4 Å². The van der Waals surface area contributed by atoms with Gasteiger partial charge in [-0.2, -0.15) is 0 Å². The fraction of sp³-hybridized carbons (Fsp3) is 0.300. The summed E-state index contributed by atoms with van der Waals surface area (Å²) in [6, 6.07) is 12.3. The zero-order chi connectivity index (χ0) is 20.7. The molecule has 0 unspecified atom stereocenters. The molecule has 2 amide bonds. The highest BCUT2D eigenvalue weighted by molar-refractivity contribution is 6.42. The summed E-state index contributed by atoms with van der Waals surface area (Å²) in [5.41, 5.74) is 1.55. The molecule has 0 aliphatic rings. The van der Waals surface area contributed by atoms with E-state index in [0.717, 1.165) is 5.56 Å². The number of hydrogen-bond acceptors (Lipinski definition) is 4. The van der Waals surface area contributed by atoms with Crippen LogP contribution in [0.3, 0.4) is 0 Å². The second-order valence-electron chi connectivity index (χ2n) is 6.45. The van der Waals surface area contributed by atoms with Crippen molar-refractivity contribution < 1.29 is 14.3 Å². The summed E-state index contributed by atoms with van der Waals surface area (Å²) >= 11 is 11.9. The van der Waals surface area contributed by atoms with Crippen molar-refractivity contribution >= 4 is 40.7 Å². The van der Waals surface area contributed by atoms with Gasteiger partial charge in [0.1, 0.15) is 5.75 Å². The summed E-state index contributed by atoms with van der Waals surface area (Å²) in [7, 11) is 5.01. The van der Waals surface area contributed by atoms with Gasteiger partial charge in [0.2, 0.25) is 11.8 Å². The minimum atomic E-state index is -0.201. The van der Waals surface area contributed by atoms with Crippen molar-refractivity contribution in [3.05, 3.63) is 58.1 Å². The van der Waals surface area contributed by atoms with Crippen molar-refractivity contribution in [2.75, 3.05) is 39.6 Å². The number of amides is 2. The van der Waals surface area contributed by atoms with Crippen LogP contribution >= 0.6 is 23.2 Å². The quantitative estimate of drug-likeness (QED) is 0.705. The lowest BCUT2D eigenvalue weighted by molar-refractivity contribution is -0.131. The van der Waals surface area contributed by atoms with E-state index in [2.05, 4.69) is 5.32 Å². The van der Waals surface area contributed by atoms with Crippen LogP contribution in [0, 0.1) is 0 Å². The van der Waals surface area contributed by atoms with E-state index in [1.165, 1.54) is 0 Å². The Kier molecular flexibility index (Phi) is 8.11. The Hall–Kier alpha value is -2.28. The van der Waals surface area contributed by atoms with Crippen LogP contribution in [0.1, 0.15) is 5.56 Å².